The minimum absolute atomic E-state index is 0.502. The van der Waals surface area contributed by atoms with Gasteiger partial charge >= 0.3 is 0 Å². The molecule has 0 amide bonds. The van der Waals surface area contributed by atoms with Gasteiger partial charge in [0.15, 0.2) is 0 Å². The smallest absolute Gasteiger partial charge is 0.123 e. The third-order valence-electron chi connectivity index (χ3n) is 6.70. The zero-order valence-electron chi connectivity index (χ0n) is 16.5. The average molecular weight is 373 g/mol. The molecule has 0 saturated heterocycles. The highest BCUT2D eigenvalue weighted by atomic mass is 16.5. The van der Waals surface area contributed by atoms with Crippen LogP contribution in [0.1, 0.15) is 70.9 Å². The van der Waals surface area contributed by atoms with Crippen LogP contribution in [0.4, 0.5) is 0 Å². The molecule has 2 nitrogen and oxygen atoms in total. The highest BCUT2D eigenvalue weighted by Crippen LogP contribution is 2.55. The van der Waals surface area contributed by atoms with Crippen molar-refractivity contribution in [2.24, 2.45) is 0 Å². The summed E-state index contributed by atoms with van der Waals surface area (Å²) in [4.78, 5) is 0. The normalized spacial score (nSPS) is 21.3. The summed E-state index contributed by atoms with van der Waals surface area (Å²) in [5, 5.41) is 0. The van der Waals surface area contributed by atoms with Gasteiger partial charge < -0.3 is 9.47 Å². The van der Waals surface area contributed by atoms with E-state index >= 15 is 0 Å². The molecule has 0 heterocycles. The van der Waals surface area contributed by atoms with Gasteiger partial charge in [-0.15, -0.1) is 0 Å². The lowest BCUT2D eigenvalue weighted by Gasteiger charge is -2.42. The van der Waals surface area contributed by atoms with Crippen molar-refractivity contribution >= 4 is 0 Å². The number of hydrogen-bond acceptors (Lipinski definition) is 2. The van der Waals surface area contributed by atoms with E-state index in [-0.39, 0.29) is 0 Å². The van der Waals surface area contributed by atoms with Gasteiger partial charge in [-0.3, -0.25) is 0 Å². The van der Waals surface area contributed by atoms with Crippen molar-refractivity contribution < 1.29 is 9.47 Å². The monoisotopic (exact) mass is 372 g/mol. The molecule has 5 rings (SSSR count). The Hall–Kier alpha value is -2.48. The standard InChI is InChI=1S/C26H28O2/c1-3-15-27-23-13-11-19-18-8-6-10-22-24(28-16-4-2)14-12-20(26(18)22)17-7-5-9-21(23)25(17)19/h3-4,11-14,17-18H,1-2,5-10,15-16H2/t17-,18+. The first-order chi connectivity index (χ1) is 13.8. The molecule has 0 aliphatic heterocycles. The maximum atomic E-state index is 6.04. The van der Waals surface area contributed by atoms with Crippen LogP contribution in [0.2, 0.25) is 0 Å². The van der Waals surface area contributed by atoms with Crippen LogP contribution in [0.15, 0.2) is 49.6 Å². The summed E-state index contributed by atoms with van der Waals surface area (Å²) in [6.45, 7) is 8.76. The fourth-order valence-corrected chi connectivity index (χ4v) is 5.72. The maximum absolute atomic E-state index is 6.04. The second kappa shape index (κ2) is 7.16. The van der Waals surface area contributed by atoms with E-state index in [0.717, 1.165) is 24.3 Å². The van der Waals surface area contributed by atoms with Gasteiger partial charge in [0, 0.05) is 11.8 Å². The first-order valence-corrected chi connectivity index (χ1v) is 10.6. The summed E-state index contributed by atoms with van der Waals surface area (Å²) < 4.78 is 12.1. The molecule has 3 aliphatic rings. The molecule has 0 aromatic heterocycles. The van der Waals surface area contributed by atoms with Crippen LogP contribution >= 0.6 is 0 Å². The quantitative estimate of drug-likeness (QED) is 0.573. The van der Waals surface area contributed by atoms with Crippen LogP contribution in [0, 0.1) is 0 Å². The number of rotatable bonds is 6. The van der Waals surface area contributed by atoms with Crippen molar-refractivity contribution in [3.8, 4) is 11.5 Å². The predicted molar refractivity (Wildman–Crippen MR) is 114 cm³/mol. The van der Waals surface area contributed by atoms with Crippen LogP contribution in [0.3, 0.4) is 0 Å². The molecular weight excluding hydrogens is 344 g/mol. The first kappa shape index (κ1) is 17.6. The Morgan fingerprint density at radius 3 is 1.64 bits per heavy atom. The van der Waals surface area contributed by atoms with E-state index in [0.29, 0.717) is 25.0 Å². The molecule has 0 spiro atoms. The van der Waals surface area contributed by atoms with E-state index in [1.165, 1.54) is 36.8 Å². The van der Waals surface area contributed by atoms with Gasteiger partial charge in [-0.25, -0.2) is 0 Å². The van der Waals surface area contributed by atoms with Crippen molar-refractivity contribution in [2.75, 3.05) is 13.2 Å². The molecule has 2 aromatic rings. The van der Waals surface area contributed by atoms with Gasteiger partial charge in [0.25, 0.3) is 0 Å². The molecule has 2 heteroatoms. The summed E-state index contributed by atoms with van der Waals surface area (Å²) in [6, 6.07) is 9.10. The number of fused-ring (bicyclic) bond motifs is 2. The molecule has 2 atom stereocenters. The third-order valence-corrected chi connectivity index (χ3v) is 6.70. The Balaban J connectivity index is 1.67. The number of benzene rings is 2. The van der Waals surface area contributed by atoms with Gasteiger partial charge in [-0.1, -0.05) is 37.4 Å². The predicted octanol–water partition coefficient (Wildman–Crippen LogP) is 6.07. The average Bonchev–Trinajstić information content (AvgIpc) is 2.75. The van der Waals surface area contributed by atoms with Gasteiger partial charge in [0.1, 0.15) is 24.7 Å². The summed E-state index contributed by atoms with van der Waals surface area (Å²) in [5.41, 5.74) is 9.11. The highest BCUT2D eigenvalue weighted by Gasteiger charge is 2.39. The molecule has 28 heavy (non-hydrogen) atoms. The second-order valence-electron chi connectivity index (χ2n) is 8.18. The maximum Gasteiger partial charge on any atom is 0.123 e. The van der Waals surface area contributed by atoms with Crippen LogP contribution in [0.25, 0.3) is 0 Å². The van der Waals surface area contributed by atoms with Gasteiger partial charge in [-0.05, 0) is 84.0 Å². The van der Waals surface area contributed by atoms with Gasteiger partial charge in [0.05, 0.1) is 0 Å². The lowest BCUT2D eigenvalue weighted by atomic mass is 9.63. The zero-order valence-corrected chi connectivity index (χ0v) is 16.5. The summed E-state index contributed by atoms with van der Waals surface area (Å²) >= 11 is 0. The van der Waals surface area contributed by atoms with Crippen LogP contribution in [-0.2, 0) is 12.8 Å². The first-order valence-electron chi connectivity index (χ1n) is 10.6. The Labute approximate surface area is 167 Å². The summed E-state index contributed by atoms with van der Waals surface area (Å²) in [6.07, 6.45) is 10.8. The van der Waals surface area contributed by atoms with Gasteiger partial charge in [-0.2, -0.15) is 0 Å². The van der Waals surface area contributed by atoms with E-state index in [4.69, 9.17) is 9.47 Å². The minimum atomic E-state index is 0.502. The molecule has 0 radical (unpaired) electrons. The van der Waals surface area contributed by atoms with Crippen molar-refractivity contribution in [1.82, 2.24) is 0 Å². The van der Waals surface area contributed by atoms with Crippen LogP contribution in [-0.4, -0.2) is 13.2 Å². The fraction of sp³-hybridized carbons (Fsp3) is 0.385. The lowest BCUT2D eigenvalue weighted by Crippen LogP contribution is -2.27. The van der Waals surface area contributed by atoms with Gasteiger partial charge in [0.2, 0.25) is 0 Å². The van der Waals surface area contributed by atoms with Crippen molar-refractivity contribution in [3.05, 3.63) is 83.0 Å². The fourth-order valence-electron chi connectivity index (χ4n) is 5.72. The van der Waals surface area contributed by atoms with Crippen molar-refractivity contribution in [2.45, 2.75) is 50.4 Å². The number of ether oxygens (including phenoxy) is 2. The van der Waals surface area contributed by atoms with Crippen molar-refractivity contribution in [3.63, 3.8) is 0 Å². The van der Waals surface area contributed by atoms with Crippen LogP contribution in [0.5, 0.6) is 11.5 Å². The third kappa shape index (κ3) is 2.62. The molecule has 0 N–H and O–H groups in total. The zero-order chi connectivity index (χ0) is 19.1. The molecule has 0 bridgehead atoms. The topological polar surface area (TPSA) is 18.5 Å². The lowest BCUT2D eigenvalue weighted by molar-refractivity contribution is 0.352. The second-order valence-corrected chi connectivity index (χ2v) is 8.18. The highest BCUT2D eigenvalue weighted by molar-refractivity contribution is 5.63. The van der Waals surface area contributed by atoms with E-state index in [1.54, 1.807) is 22.3 Å². The summed E-state index contributed by atoms with van der Waals surface area (Å²) in [5.74, 6) is 3.13. The molecule has 0 unspecified atom stereocenters. The number of hydrogen-bond donors (Lipinski definition) is 0. The SMILES string of the molecule is C=CCOc1ccc2c3c1CCC[C@@H]3c1ccc(OCC=C)c3c1[C@H]2CCC3. The minimum Gasteiger partial charge on any atom is -0.489 e. The van der Waals surface area contributed by atoms with E-state index < -0.39 is 0 Å². The molecule has 2 aromatic carbocycles. The van der Waals surface area contributed by atoms with E-state index in [1.807, 2.05) is 12.2 Å². The van der Waals surface area contributed by atoms with Crippen molar-refractivity contribution in [1.29, 1.82) is 0 Å². The van der Waals surface area contributed by atoms with E-state index in [2.05, 4.69) is 37.4 Å². The largest absolute Gasteiger partial charge is 0.489 e. The van der Waals surface area contributed by atoms with Crippen LogP contribution < -0.4 is 9.47 Å². The molecule has 3 aliphatic carbocycles. The van der Waals surface area contributed by atoms with E-state index in [9.17, 15) is 0 Å². The molecule has 144 valence electrons. The Bertz CT molecular complexity index is 862. The Morgan fingerprint density at radius 2 is 1.21 bits per heavy atom. The molecule has 0 saturated carbocycles. The Morgan fingerprint density at radius 1 is 0.750 bits per heavy atom. The molecular formula is C26H28O2. The summed E-state index contributed by atoms with van der Waals surface area (Å²) in [7, 11) is 0. The Kier molecular flexibility index (Phi) is 4.50. The molecule has 0 fully saturated rings.